The number of hydrogen-bond acceptors (Lipinski definition) is 4. The summed E-state index contributed by atoms with van der Waals surface area (Å²) in [6, 6.07) is -0.671. The average Bonchev–Trinajstić information content (AvgIpc) is 2.83. The van der Waals surface area contributed by atoms with Gasteiger partial charge < -0.3 is 14.8 Å². The van der Waals surface area contributed by atoms with Crippen molar-refractivity contribution in [3.8, 4) is 0 Å². The molecule has 0 bridgehead atoms. The summed E-state index contributed by atoms with van der Waals surface area (Å²) in [5.41, 5.74) is -0.565. The number of alkyl carbamates (subject to hydrolysis) is 1. The average molecular weight is 229 g/mol. The van der Waals surface area contributed by atoms with Crippen molar-refractivity contribution in [2.24, 2.45) is 0 Å². The predicted octanol–water partition coefficient (Wildman–Crippen LogP) is 1.61. The van der Waals surface area contributed by atoms with Gasteiger partial charge in [0.05, 0.1) is 0 Å². The van der Waals surface area contributed by atoms with Crippen LogP contribution in [-0.4, -0.2) is 29.8 Å². The van der Waals surface area contributed by atoms with Gasteiger partial charge in [-0.25, -0.2) is 9.59 Å². The maximum Gasteiger partial charge on any atom is 0.408 e. The van der Waals surface area contributed by atoms with E-state index < -0.39 is 23.7 Å². The van der Waals surface area contributed by atoms with Crippen LogP contribution < -0.4 is 5.32 Å². The van der Waals surface area contributed by atoms with Gasteiger partial charge in [-0.05, 0) is 40.5 Å². The molecule has 1 unspecified atom stereocenters. The lowest BCUT2D eigenvalue weighted by atomic mass is 10.2. The van der Waals surface area contributed by atoms with Crippen molar-refractivity contribution in [1.29, 1.82) is 0 Å². The monoisotopic (exact) mass is 229 g/mol. The second-order valence-corrected chi connectivity index (χ2v) is 5.00. The zero-order valence-electron chi connectivity index (χ0n) is 10.2. The molecule has 0 radical (unpaired) electrons. The molecule has 0 aromatic heterocycles. The molecule has 0 saturated heterocycles. The molecule has 16 heavy (non-hydrogen) atoms. The number of carbonyl (C=O) groups excluding carboxylic acids is 2. The summed E-state index contributed by atoms with van der Waals surface area (Å²) in [6.07, 6.45) is 1.29. The van der Waals surface area contributed by atoms with Crippen molar-refractivity contribution in [2.45, 2.75) is 58.3 Å². The first-order valence-electron chi connectivity index (χ1n) is 5.48. The van der Waals surface area contributed by atoms with Gasteiger partial charge in [-0.2, -0.15) is 0 Å². The second kappa shape index (κ2) is 4.72. The molecule has 5 nitrogen and oxygen atoms in total. The molecule has 1 aliphatic carbocycles. The van der Waals surface area contributed by atoms with Crippen LogP contribution in [0.15, 0.2) is 0 Å². The van der Waals surface area contributed by atoms with Crippen molar-refractivity contribution < 1.29 is 19.1 Å². The lowest BCUT2D eigenvalue weighted by Crippen LogP contribution is -2.42. The first-order chi connectivity index (χ1) is 7.28. The van der Waals surface area contributed by atoms with Crippen LogP contribution in [0.5, 0.6) is 0 Å². The van der Waals surface area contributed by atoms with E-state index in [1.165, 1.54) is 0 Å². The normalized spacial score (nSPS) is 17.5. The summed E-state index contributed by atoms with van der Waals surface area (Å²) in [6.45, 7) is 6.87. The molecule has 1 rings (SSSR count). The molecule has 1 saturated carbocycles. The SMILES string of the molecule is CC(NC(=O)OC(C)(C)C)C(=O)OC1CC1. The quantitative estimate of drug-likeness (QED) is 0.747. The largest absolute Gasteiger partial charge is 0.461 e. The fraction of sp³-hybridized carbons (Fsp3) is 0.818. The molecule has 1 aliphatic rings. The highest BCUT2D eigenvalue weighted by molar-refractivity contribution is 5.81. The van der Waals surface area contributed by atoms with Crippen molar-refractivity contribution in [1.82, 2.24) is 5.32 Å². The number of carbonyl (C=O) groups is 2. The van der Waals surface area contributed by atoms with Gasteiger partial charge in [-0.3, -0.25) is 0 Å². The smallest absolute Gasteiger partial charge is 0.408 e. The predicted molar refractivity (Wildman–Crippen MR) is 57.9 cm³/mol. The van der Waals surface area contributed by atoms with E-state index in [1.807, 2.05) is 0 Å². The number of rotatable bonds is 3. The number of ether oxygens (including phenoxy) is 2. The lowest BCUT2D eigenvalue weighted by Gasteiger charge is -2.21. The Kier molecular flexibility index (Phi) is 3.78. The van der Waals surface area contributed by atoms with Crippen molar-refractivity contribution in [3.05, 3.63) is 0 Å². The van der Waals surface area contributed by atoms with Crippen molar-refractivity contribution in [3.63, 3.8) is 0 Å². The Morgan fingerprint density at radius 1 is 1.31 bits per heavy atom. The van der Waals surface area contributed by atoms with Crippen LogP contribution in [0, 0.1) is 0 Å². The summed E-state index contributed by atoms with van der Waals surface area (Å²) >= 11 is 0. The van der Waals surface area contributed by atoms with Crippen LogP contribution in [0.4, 0.5) is 4.79 Å². The van der Waals surface area contributed by atoms with Crippen LogP contribution in [-0.2, 0) is 14.3 Å². The fourth-order valence-electron chi connectivity index (χ4n) is 0.995. The third-order valence-electron chi connectivity index (χ3n) is 1.89. The van der Waals surface area contributed by atoms with E-state index in [0.717, 1.165) is 12.8 Å². The van der Waals surface area contributed by atoms with Crippen molar-refractivity contribution >= 4 is 12.1 Å². The standard InChI is InChI=1S/C11H19NO4/c1-7(9(13)15-8-5-6-8)12-10(14)16-11(2,3)4/h7-8H,5-6H2,1-4H3,(H,12,14). The summed E-state index contributed by atoms with van der Waals surface area (Å²) in [7, 11) is 0. The van der Waals surface area contributed by atoms with Crippen LogP contribution in [0.3, 0.4) is 0 Å². The molecular weight excluding hydrogens is 210 g/mol. The topological polar surface area (TPSA) is 64.6 Å². The summed E-state index contributed by atoms with van der Waals surface area (Å²) in [4.78, 5) is 22.7. The molecule has 1 amide bonds. The van der Waals surface area contributed by atoms with Crippen LogP contribution in [0.1, 0.15) is 40.5 Å². The summed E-state index contributed by atoms with van der Waals surface area (Å²) in [5, 5.41) is 2.43. The molecule has 1 N–H and O–H groups in total. The van der Waals surface area contributed by atoms with E-state index in [9.17, 15) is 9.59 Å². The molecule has 0 aliphatic heterocycles. The highest BCUT2D eigenvalue weighted by Crippen LogP contribution is 2.23. The third kappa shape index (κ3) is 5.00. The number of esters is 1. The van der Waals surface area contributed by atoms with Crippen LogP contribution in [0.25, 0.3) is 0 Å². The van der Waals surface area contributed by atoms with Crippen LogP contribution >= 0.6 is 0 Å². The molecular formula is C11H19NO4. The highest BCUT2D eigenvalue weighted by Gasteiger charge is 2.29. The summed E-state index contributed by atoms with van der Waals surface area (Å²) < 4.78 is 10.1. The van der Waals surface area contributed by atoms with E-state index in [2.05, 4.69) is 5.32 Å². The fourth-order valence-corrected chi connectivity index (χ4v) is 0.995. The van der Waals surface area contributed by atoms with E-state index >= 15 is 0 Å². The zero-order valence-corrected chi connectivity index (χ0v) is 10.2. The Morgan fingerprint density at radius 2 is 1.88 bits per heavy atom. The molecule has 5 heteroatoms. The van der Waals surface area contributed by atoms with Gasteiger partial charge >= 0.3 is 12.1 Å². The Labute approximate surface area is 95.5 Å². The minimum atomic E-state index is -0.671. The van der Waals surface area contributed by atoms with Gasteiger partial charge in [-0.15, -0.1) is 0 Å². The maximum absolute atomic E-state index is 11.4. The van der Waals surface area contributed by atoms with E-state index in [1.54, 1.807) is 27.7 Å². The zero-order chi connectivity index (χ0) is 12.3. The van der Waals surface area contributed by atoms with E-state index in [-0.39, 0.29) is 6.10 Å². The number of hydrogen-bond donors (Lipinski definition) is 1. The van der Waals surface area contributed by atoms with Crippen LogP contribution in [0.2, 0.25) is 0 Å². The Hall–Kier alpha value is -1.26. The van der Waals surface area contributed by atoms with Gasteiger partial charge in [0.1, 0.15) is 17.7 Å². The third-order valence-corrected chi connectivity index (χ3v) is 1.89. The highest BCUT2D eigenvalue weighted by atomic mass is 16.6. The molecule has 0 heterocycles. The van der Waals surface area contributed by atoms with Gasteiger partial charge in [0.15, 0.2) is 0 Å². The van der Waals surface area contributed by atoms with Crippen molar-refractivity contribution in [2.75, 3.05) is 0 Å². The first-order valence-corrected chi connectivity index (χ1v) is 5.48. The van der Waals surface area contributed by atoms with Gasteiger partial charge in [0.25, 0.3) is 0 Å². The summed E-state index contributed by atoms with van der Waals surface area (Å²) in [5.74, 6) is -0.409. The van der Waals surface area contributed by atoms with E-state index in [4.69, 9.17) is 9.47 Å². The Bertz CT molecular complexity index is 278. The minimum absolute atomic E-state index is 0.0513. The van der Waals surface area contributed by atoms with Gasteiger partial charge in [0, 0.05) is 0 Å². The van der Waals surface area contributed by atoms with Gasteiger partial charge in [-0.1, -0.05) is 0 Å². The lowest BCUT2D eigenvalue weighted by molar-refractivity contribution is -0.146. The second-order valence-electron chi connectivity index (χ2n) is 5.00. The van der Waals surface area contributed by atoms with Gasteiger partial charge in [0.2, 0.25) is 0 Å². The molecule has 1 atom stereocenters. The molecule has 0 spiro atoms. The molecule has 1 fully saturated rings. The van der Waals surface area contributed by atoms with E-state index in [0.29, 0.717) is 0 Å². The molecule has 92 valence electrons. The molecule has 0 aromatic carbocycles. The first kappa shape index (κ1) is 12.8. The number of amides is 1. The maximum atomic E-state index is 11.4. The number of nitrogens with one attached hydrogen (secondary N) is 1. The Morgan fingerprint density at radius 3 is 2.31 bits per heavy atom. The Balaban J connectivity index is 2.29. The minimum Gasteiger partial charge on any atom is -0.461 e. The molecule has 0 aromatic rings.